The first-order chi connectivity index (χ1) is 10.1. The van der Waals surface area contributed by atoms with E-state index in [9.17, 15) is 0 Å². The molecule has 0 aliphatic rings. The van der Waals surface area contributed by atoms with Gasteiger partial charge in [0.1, 0.15) is 0 Å². The normalized spacial score (nSPS) is 12.6. The minimum Gasteiger partial charge on any atom is -0.268 e. The van der Waals surface area contributed by atoms with Crippen molar-refractivity contribution in [1.82, 2.24) is 9.78 Å². The highest BCUT2D eigenvalue weighted by Crippen LogP contribution is 2.27. The van der Waals surface area contributed by atoms with Crippen molar-refractivity contribution in [1.29, 1.82) is 0 Å². The zero-order chi connectivity index (χ0) is 15.4. The standard InChI is InChI=1S/C16H19Br2ClN2/c1-3-21-15(16(18)11(2)20-21)9-12(10-17)8-13-6-4-5-7-14(13)19/h4-7,12H,3,8-10H2,1-2H3. The molecule has 0 radical (unpaired) electrons. The van der Waals surface area contributed by atoms with Crippen LogP contribution in [0.3, 0.4) is 0 Å². The minimum absolute atomic E-state index is 0.489. The van der Waals surface area contributed by atoms with Gasteiger partial charge in [0.2, 0.25) is 0 Å². The smallest absolute Gasteiger partial charge is 0.0738 e. The molecule has 1 aromatic heterocycles. The Labute approximate surface area is 148 Å². The molecular weight excluding hydrogens is 415 g/mol. The molecular formula is C16H19Br2ClN2. The summed E-state index contributed by atoms with van der Waals surface area (Å²) in [5.41, 5.74) is 3.53. The van der Waals surface area contributed by atoms with Crippen molar-refractivity contribution in [2.45, 2.75) is 33.2 Å². The summed E-state index contributed by atoms with van der Waals surface area (Å²) in [5, 5.41) is 6.36. The SMILES string of the molecule is CCn1nc(C)c(Br)c1CC(CBr)Cc1ccccc1Cl. The zero-order valence-electron chi connectivity index (χ0n) is 12.2. The highest BCUT2D eigenvalue weighted by atomic mass is 79.9. The second-order valence-electron chi connectivity index (χ2n) is 5.18. The third kappa shape index (κ3) is 4.11. The summed E-state index contributed by atoms with van der Waals surface area (Å²) in [4.78, 5) is 0. The third-order valence-electron chi connectivity index (χ3n) is 3.62. The number of alkyl halides is 1. The Bertz CT molecular complexity index is 610. The van der Waals surface area contributed by atoms with Crippen LogP contribution in [0.25, 0.3) is 0 Å². The molecule has 0 N–H and O–H groups in total. The lowest BCUT2D eigenvalue weighted by atomic mass is 9.96. The molecule has 0 bridgehead atoms. The number of hydrogen-bond acceptors (Lipinski definition) is 1. The number of aryl methyl sites for hydroxylation is 2. The van der Waals surface area contributed by atoms with Crippen LogP contribution in [0.1, 0.15) is 23.9 Å². The zero-order valence-corrected chi connectivity index (χ0v) is 16.2. The van der Waals surface area contributed by atoms with E-state index in [1.807, 2.05) is 25.1 Å². The maximum atomic E-state index is 6.28. The van der Waals surface area contributed by atoms with E-state index in [1.165, 1.54) is 11.3 Å². The molecule has 2 nitrogen and oxygen atoms in total. The van der Waals surface area contributed by atoms with Crippen molar-refractivity contribution < 1.29 is 0 Å². The van der Waals surface area contributed by atoms with Crippen LogP contribution >= 0.6 is 43.5 Å². The Hall–Kier alpha value is -0.320. The van der Waals surface area contributed by atoms with Crippen LogP contribution in [-0.4, -0.2) is 15.1 Å². The van der Waals surface area contributed by atoms with Gasteiger partial charge in [-0.1, -0.05) is 45.7 Å². The van der Waals surface area contributed by atoms with Gasteiger partial charge in [-0.25, -0.2) is 0 Å². The van der Waals surface area contributed by atoms with Gasteiger partial charge >= 0.3 is 0 Å². The molecule has 0 saturated carbocycles. The lowest BCUT2D eigenvalue weighted by molar-refractivity contribution is 0.535. The van der Waals surface area contributed by atoms with Gasteiger partial charge in [0.15, 0.2) is 0 Å². The molecule has 0 spiro atoms. The molecule has 2 aromatic rings. The van der Waals surface area contributed by atoms with Crippen LogP contribution < -0.4 is 0 Å². The first-order valence-corrected chi connectivity index (χ1v) is 9.37. The summed E-state index contributed by atoms with van der Waals surface area (Å²) in [6.07, 6.45) is 1.94. The quantitative estimate of drug-likeness (QED) is 0.555. The summed E-state index contributed by atoms with van der Waals surface area (Å²) in [6, 6.07) is 8.08. The molecule has 1 aromatic carbocycles. The number of benzene rings is 1. The van der Waals surface area contributed by atoms with E-state index in [4.69, 9.17) is 11.6 Å². The number of nitrogens with zero attached hydrogens (tertiary/aromatic N) is 2. The first kappa shape index (κ1) is 17.0. The maximum Gasteiger partial charge on any atom is 0.0738 e. The molecule has 0 aliphatic heterocycles. The van der Waals surface area contributed by atoms with Gasteiger partial charge in [0.25, 0.3) is 0 Å². The molecule has 21 heavy (non-hydrogen) atoms. The summed E-state index contributed by atoms with van der Waals surface area (Å²) in [6.45, 7) is 5.05. The van der Waals surface area contributed by atoms with Crippen LogP contribution in [0.15, 0.2) is 28.7 Å². The number of aromatic nitrogens is 2. The van der Waals surface area contributed by atoms with E-state index in [2.05, 4.69) is 54.6 Å². The molecule has 114 valence electrons. The largest absolute Gasteiger partial charge is 0.268 e. The second kappa shape index (κ2) is 7.80. The van der Waals surface area contributed by atoms with Crippen molar-refractivity contribution in [3.63, 3.8) is 0 Å². The molecule has 1 unspecified atom stereocenters. The fourth-order valence-electron chi connectivity index (χ4n) is 2.49. The first-order valence-electron chi connectivity index (χ1n) is 7.07. The molecule has 2 rings (SSSR count). The average molecular weight is 435 g/mol. The lowest BCUT2D eigenvalue weighted by Gasteiger charge is -2.16. The van der Waals surface area contributed by atoms with Gasteiger partial charge < -0.3 is 0 Å². The summed E-state index contributed by atoms with van der Waals surface area (Å²) < 4.78 is 3.22. The topological polar surface area (TPSA) is 17.8 Å². The van der Waals surface area contributed by atoms with Crippen LogP contribution in [-0.2, 0) is 19.4 Å². The highest BCUT2D eigenvalue weighted by Gasteiger charge is 2.18. The lowest BCUT2D eigenvalue weighted by Crippen LogP contribution is -2.14. The van der Waals surface area contributed by atoms with Gasteiger partial charge in [-0.05, 0) is 60.2 Å². The fraction of sp³-hybridized carbons (Fsp3) is 0.438. The Morgan fingerprint density at radius 3 is 2.62 bits per heavy atom. The predicted octanol–water partition coefficient (Wildman–Crippen LogP) is 5.42. The van der Waals surface area contributed by atoms with Gasteiger partial charge in [-0.3, -0.25) is 4.68 Å². The van der Waals surface area contributed by atoms with Crippen LogP contribution in [0.4, 0.5) is 0 Å². The van der Waals surface area contributed by atoms with Crippen molar-refractivity contribution in [3.8, 4) is 0 Å². The molecule has 1 atom stereocenters. The predicted molar refractivity (Wildman–Crippen MR) is 96.5 cm³/mol. The molecule has 5 heteroatoms. The molecule has 0 aliphatic carbocycles. The summed E-state index contributed by atoms with van der Waals surface area (Å²) in [5.74, 6) is 0.489. The Kier molecular flexibility index (Phi) is 6.33. The second-order valence-corrected chi connectivity index (χ2v) is 7.03. The molecule has 0 fully saturated rings. The van der Waals surface area contributed by atoms with Crippen molar-refractivity contribution in [3.05, 3.63) is 50.7 Å². The molecule has 0 amide bonds. The molecule has 0 saturated heterocycles. The van der Waals surface area contributed by atoms with Crippen molar-refractivity contribution in [2.24, 2.45) is 5.92 Å². The molecule has 1 heterocycles. The summed E-state index contributed by atoms with van der Waals surface area (Å²) >= 11 is 13.6. The van der Waals surface area contributed by atoms with Gasteiger partial charge in [0, 0.05) is 16.9 Å². The minimum atomic E-state index is 0.489. The van der Waals surface area contributed by atoms with Crippen LogP contribution in [0, 0.1) is 12.8 Å². The van der Waals surface area contributed by atoms with E-state index in [-0.39, 0.29) is 0 Å². The Balaban J connectivity index is 2.18. The van der Waals surface area contributed by atoms with Crippen LogP contribution in [0.2, 0.25) is 5.02 Å². The average Bonchev–Trinajstić information content (AvgIpc) is 2.76. The maximum absolute atomic E-state index is 6.28. The van der Waals surface area contributed by atoms with E-state index < -0.39 is 0 Å². The summed E-state index contributed by atoms with van der Waals surface area (Å²) in [7, 11) is 0. The van der Waals surface area contributed by atoms with Crippen molar-refractivity contribution >= 4 is 43.5 Å². The van der Waals surface area contributed by atoms with Crippen LogP contribution in [0.5, 0.6) is 0 Å². The van der Waals surface area contributed by atoms with Gasteiger partial charge in [-0.2, -0.15) is 5.10 Å². The van der Waals surface area contributed by atoms with Gasteiger partial charge in [-0.15, -0.1) is 0 Å². The monoisotopic (exact) mass is 432 g/mol. The van der Waals surface area contributed by atoms with E-state index >= 15 is 0 Å². The Morgan fingerprint density at radius 1 is 1.29 bits per heavy atom. The number of rotatable bonds is 6. The van der Waals surface area contributed by atoms with E-state index in [0.29, 0.717) is 5.92 Å². The van der Waals surface area contributed by atoms with E-state index in [0.717, 1.165) is 39.9 Å². The number of halogens is 3. The van der Waals surface area contributed by atoms with Crippen molar-refractivity contribution in [2.75, 3.05) is 5.33 Å². The van der Waals surface area contributed by atoms with Gasteiger partial charge in [0.05, 0.1) is 15.9 Å². The Morgan fingerprint density at radius 2 is 2.00 bits per heavy atom. The fourth-order valence-corrected chi connectivity index (χ4v) is 3.61. The number of hydrogen-bond donors (Lipinski definition) is 0. The third-order valence-corrected chi connectivity index (χ3v) is 5.94. The van der Waals surface area contributed by atoms with E-state index in [1.54, 1.807) is 0 Å². The highest BCUT2D eigenvalue weighted by molar-refractivity contribution is 9.10.